The van der Waals surface area contributed by atoms with Crippen molar-refractivity contribution in [2.75, 3.05) is 19.6 Å². The van der Waals surface area contributed by atoms with Crippen molar-refractivity contribution >= 4 is 17.7 Å². The van der Waals surface area contributed by atoms with Crippen LogP contribution in [0.15, 0.2) is 24.5 Å². The summed E-state index contributed by atoms with van der Waals surface area (Å²) in [6, 6.07) is 2.55. The molecule has 2 N–H and O–H groups in total. The third kappa shape index (κ3) is 2.76. The van der Waals surface area contributed by atoms with Gasteiger partial charge in [0.15, 0.2) is 0 Å². The molecule has 0 aliphatic carbocycles. The summed E-state index contributed by atoms with van der Waals surface area (Å²) in [6.07, 6.45) is 3.05. The van der Waals surface area contributed by atoms with Crippen LogP contribution in [0.4, 0.5) is 0 Å². The highest BCUT2D eigenvalue weighted by atomic mass is 16.2. The van der Waals surface area contributed by atoms with Crippen molar-refractivity contribution in [3.63, 3.8) is 0 Å². The molecule has 0 radical (unpaired) electrons. The number of carbonyl (C=O) groups is 3. The van der Waals surface area contributed by atoms with Gasteiger partial charge in [-0.25, -0.2) is 0 Å². The Morgan fingerprint density at radius 2 is 2.10 bits per heavy atom. The first kappa shape index (κ1) is 14.0. The highest BCUT2D eigenvalue weighted by Crippen LogP contribution is 2.13. The number of primary amides is 1. The predicted molar refractivity (Wildman–Crippen MR) is 70.5 cm³/mol. The fourth-order valence-electron chi connectivity index (χ4n) is 2.26. The third-order valence-electron chi connectivity index (χ3n) is 3.31. The molecule has 0 bridgehead atoms. The first-order chi connectivity index (χ1) is 9.50. The van der Waals surface area contributed by atoms with E-state index < -0.39 is 11.9 Å². The normalized spacial score (nSPS) is 18.8. The van der Waals surface area contributed by atoms with Crippen molar-refractivity contribution in [2.45, 2.75) is 13.0 Å². The molecule has 7 heteroatoms. The van der Waals surface area contributed by atoms with Gasteiger partial charge in [-0.05, 0) is 12.1 Å². The van der Waals surface area contributed by atoms with Crippen molar-refractivity contribution in [1.29, 1.82) is 0 Å². The molecule has 1 aromatic rings. The summed E-state index contributed by atoms with van der Waals surface area (Å²) in [5.74, 6) is -1.04. The van der Waals surface area contributed by atoms with E-state index in [-0.39, 0.29) is 18.4 Å². The molecule has 106 valence electrons. The van der Waals surface area contributed by atoms with E-state index in [1.54, 1.807) is 18.3 Å². The van der Waals surface area contributed by atoms with Crippen molar-refractivity contribution in [3.05, 3.63) is 30.1 Å². The number of pyridine rings is 1. The van der Waals surface area contributed by atoms with E-state index in [0.717, 1.165) is 0 Å². The summed E-state index contributed by atoms with van der Waals surface area (Å²) in [7, 11) is 0. The van der Waals surface area contributed by atoms with Gasteiger partial charge in [0.2, 0.25) is 11.8 Å². The molecular formula is C13H16N4O3. The number of nitrogens with zero attached hydrogens (tertiary/aromatic N) is 3. The predicted octanol–water partition coefficient (Wildman–Crippen LogP) is -0.760. The molecular weight excluding hydrogens is 260 g/mol. The quantitative estimate of drug-likeness (QED) is 0.767. The van der Waals surface area contributed by atoms with Crippen LogP contribution < -0.4 is 5.73 Å². The summed E-state index contributed by atoms with van der Waals surface area (Å²) >= 11 is 0. The lowest BCUT2D eigenvalue weighted by Gasteiger charge is -2.39. The van der Waals surface area contributed by atoms with Crippen LogP contribution in [0, 0.1) is 0 Å². The number of hydrogen-bond donors (Lipinski definition) is 1. The zero-order chi connectivity index (χ0) is 14.7. The summed E-state index contributed by atoms with van der Waals surface area (Å²) in [6.45, 7) is 2.17. The second kappa shape index (κ2) is 5.68. The number of aromatic nitrogens is 1. The lowest BCUT2D eigenvalue weighted by molar-refractivity contribution is -0.140. The smallest absolute Gasteiger partial charge is 0.255 e. The van der Waals surface area contributed by atoms with Crippen molar-refractivity contribution in [3.8, 4) is 0 Å². The topological polar surface area (TPSA) is 96.6 Å². The maximum absolute atomic E-state index is 12.3. The number of carbonyl (C=O) groups excluding carboxylic acids is 3. The fraction of sp³-hybridized carbons (Fsp3) is 0.385. The number of piperazine rings is 1. The van der Waals surface area contributed by atoms with E-state index in [1.807, 2.05) is 0 Å². The van der Waals surface area contributed by atoms with Crippen LogP contribution in [-0.2, 0) is 9.59 Å². The number of rotatable bonds is 2. The van der Waals surface area contributed by atoms with Gasteiger partial charge in [-0.15, -0.1) is 0 Å². The van der Waals surface area contributed by atoms with Crippen LogP contribution in [0.2, 0.25) is 0 Å². The molecule has 1 aromatic heterocycles. The van der Waals surface area contributed by atoms with E-state index in [4.69, 9.17) is 5.73 Å². The van der Waals surface area contributed by atoms with Gasteiger partial charge in [-0.2, -0.15) is 0 Å². The van der Waals surface area contributed by atoms with Crippen LogP contribution in [0.1, 0.15) is 17.3 Å². The highest BCUT2D eigenvalue weighted by molar-refractivity contribution is 5.95. The molecule has 1 saturated heterocycles. The van der Waals surface area contributed by atoms with E-state index in [9.17, 15) is 14.4 Å². The molecule has 3 amide bonds. The molecule has 20 heavy (non-hydrogen) atoms. The lowest BCUT2D eigenvalue weighted by atomic mass is 10.1. The molecule has 0 aromatic carbocycles. The molecule has 7 nitrogen and oxygen atoms in total. The fourth-order valence-corrected chi connectivity index (χ4v) is 2.26. The van der Waals surface area contributed by atoms with Crippen LogP contribution in [-0.4, -0.2) is 58.2 Å². The van der Waals surface area contributed by atoms with Crippen LogP contribution in [0.5, 0.6) is 0 Å². The van der Waals surface area contributed by atoms with Gasteiger partial charge in [-0.1, -0.05) is 0 Å². The van der Waals surface area contributed by atoms with Gasteiger partial charge in [0.1, 0.15) is 6.04 Å². The van der Waals surface area contributed by atoms with Gasteiger partial charge in [0, 0.05) is 32.4 Å². The summed E-state index contributed by atoms with van der Waals surface area (Å²) in [5.41, 5.74) is 5.76. The molecule has 0 saturated carbocycles. The van der Waals surface area contributed by atoms with E-state index in [0.29, 0.717) is 18.7 Å². The molecule has 2 heterocycles. The maximum Gasteiger partial charge on any atom is 0.255 e. The molecule has 2 rings (SSSR count). The Balaban J connectivity index is 2.15. The Kier molecular flexibility index (Phi) is 3.97. The Morgan fingerprint density at radius 1 is 1.35 bits per heavy atom. The van der Waals surface area contributed by atoms with Gasteiger partial charge in [-0.3, -0.25) is 19.4 Å². The zero-order valence-electron chi connectivity index (χ0n) is 11.2. The standard InChI is InChI=1S/C13H16N4O3/c1-9(18)17-6-5-16(8-11(17)12(14)19)13(20)10-3-2-4-15-7-10/h2-4,7,11H,5-6,8H2,1H3,(H2,14,19). The zero-order valence-corrected chi connectivity index (χ0v) is 11.2. The summed E-state index contributed by atoms with van der Waals surface area (Å²) in [5, 5.41) is 0. The van der Waals surface area contributed by atoms with E-state index >= 15 is 0 Å². The lowest BCUT2D eigenvalue weighted by Crippen LogP contribution is -2.60. The molecule has 1 atom stereocenters. The largest absolute Gasteiger partial charge is 0.368 e. The Bertz CT molecular complexity index is 532. The summed E-state index contributed by atoms with van der Waals surface area (Å²) in [4.78, 5) is 42.0. The van der Waals surface area contributed by atoms with Crippen LogP contribution in [0.25, 0.3) is 0 Å². The minimum Gasteiger partial charge on any atom is -0.368 e. The highest BCUT2D eigenvalue weighted by Gasteiger charge is 2.34. The second-order valence-corrected chi connectivity index (χ2v) is 4.62. The Morgan fingerprint density at radius 3 is 2.65 bits per heavy atom. The SMILES string of the molecule is CC(=O)N1CCN(C(=O)c2cccnc2)CC1C(N)=O. The Labute approximate surface area is 116 Å². The second-order valence-electron chi connectivity index (χ2n) is 4.62. The minimum atomic E-state index is -0.776. The average Bonchev–Trinajstić information content (AvgIpc) is 2.46. The minimum absolute atomic E-state index is 0.114. The van der Waals surface area contributed by atoms with Crippen molar-refractivity contribution in [1.82, 2.24) is 14.8 Å². The van der Waals surface area contributed by atoms with Crippen LogP contribution in [0.3, 0.4) is 0 Å². The monoisotopic (exact) mass is 276 g/mol. The van der Waals surface area contributed by atoms with Crippen molar-refractivity contribution in [2.24, 2.45) is 5.73 Å². The van der Waals surface area contributed by atoms with E-state index in [1.165, 1.54) is 22.9 Å². The number of nitrogens with two attached hydrogens (primary N) is 1. The molecule has 1 aliphatic rings. The molecule has 1 fully saturated rings. The molecule has 1 aliphatic heterocycles. The van der Waals surface area contributed by atoms with Gasteiger partial charge < -0.3 is 15.5 Å². The van der Waals surface area contributed by atoms with Gasteiger partial charge >= 0.3 is 0 Å². The number of hydrogen-bond acceptors (Lipinski definition) is 4. The average molecular weight is 276 g/mol. The Hall–Kier alpha value is -2.44. The number of amides is 3. The first-order valence-corrected chi connectivity index (χ1v) is 6.26. The molecule has 1 unspecified atom stereocenters. The summed E-state index contributed by atoms with van der Waals surface area (Å²) < 4.78 is 0. The van der Waals surface area contributed by atoms with Crippen LogP contribution >= 0.6 is 0 Å². The van der Waals surface area contributed by atoms with E-state index in [2.05, 4.69) is 4.98 Å². The first-order valence-electron chi connectivity index (χ1n) is 6.26. The molecule has 0 spiro atoms. The van der Waals surface area contributed by atoms with Gasteiger partial charge in [0.05, 0.1) is 12.1 Å². The maximum atomic E-state index is 12.3. The van der Waals surface area contributed by atoms with Gasteiger partial charge in [0.25, 0.3) is 5.91 Å². The van der Waals surface area contributed by atoms with Crippen molar-refractivity contribution < 1.29 is 14.4 Å². The third-order valence-corrected chi connectivity index (χ3v) is 3.31.